The predicted molar refractivity (Wildman–Crippen MR) is 66.6 cm³/mol. The second-order valence-electron chi connectivity index (χ2n) is 3.35. The number of aromatic nitrogens is 1. The van der Waals surface area contributed by atoms with Crippen molar-refractivity contribution in [3.8, 4) is 0 Å². The first-order chi connectivity index (χ1) is 6.75. The summed E-state index contributed by atoms with van der Waals surface area (Å²) in [5.74, 6) is 1.20. The van der Waals surface area contributed by atoms with E-state index in [-0.39, 0.29) is 0 Å². The lowest BCUT2D eigenvalue weighted by molar-refractivity contribution is 0.778. The van der Waals surface area contributed by atoms with Crippen LogP contribution in [0.3, 0.4) is 0 Å². The Morgan fingerprint density at radius 1 is 1.43 bits per heavy atom. The van der Waals surface area contributed by atoms with Crippen molar-refractivity contribution in [2.45, 2.75) is 38.0 Å². The Morgan fingerprint density at radius 3 is 2.93 bits per heavy atom. The van der Waals surface area contributed by atoms with Gasteiger partial charge in [0.15, 0.2) is 0 Å². The Bertz CT molecular complexity index is 330. The van der Waals surface area contributed by atoms with Crippen molar-refractivity contribution in [1.82, 2.24) is 4.98 Å². The van der Waals surface area contributed by atoms with Crippen LogP contribution in [0.4, 0.5) is 0 Å². The molecule has 0 saturated carbocycles. The standard InChI is InChI=1S/C11H17NS2/c1-3-4-5-8-14-10-6-7-12-11(13)9(10)2/h6-7H,3-5,8H2,1-2H3,(H,12,13). The van der Waals surface area contributed by atoms with E-state index in [9.17, 15) is 0 Å². The van der Waals surface area contributed by atoms with Crippen LogP contribution in [0, 0.1) is 11.6 Å². The van der Waals surface area contributed by atoms with Gasteiger partial charge in [-0.2, -0.15) is 0 Å². The van der Waals surface area contributed by atoms with E-state index >= 15 is 0 Å². The Kier molecular flexibility index (Phi) is 5.26. The summed E-state index contributed by atoms with van der Waals surface area (Å²) in [4.78, 5) is 4.37. The van der Waals surface area contributed by atoms with E-state index in [2.05, 4.69) is 24.9 Å². The van der Waals surface area contributed by atoms with Gasteiger partial charge in [0, 0.05) is 11.1 Å². The van der Waals surface area contributed by atoms with Crippen LogP contribution in [-0.4, -0.2) is 10.7 Å². The molecule has 0 atom stereocenters. The third-order valence-electron chi connectivity index (χ3n) is 2.16. The molecule has 78 valence electrons. The van der Waals surface area contributed by atoms with Gasteiger partial charge in [-0.25, -0.2) is 0 Å². The number of H-pyrrole nitrogens is 1. The number of hydrogen-bond donors (Lipinski definition) is 1. The maximum Gasteiger partial charge on any atom is 0.107 e. The maximum atomic E-state index is 5.17. The summed E-state index contributed by atoms with van der Waals surface area (Å²) in [6.07, 6.45) is 5.84. The Hall–Kier alpha value is -0.280. The largest absolute Gasteiger partial charge is 0.353 e. The van der Waals surface area contributed by atoms with E-state index in [1.54, 1.807) is 0 Å². The van der Waals surface area contributed by atoms with Crippen LogP contribution >= 0.6 is 24.0 Å². The lowest BCUT2D eigenvalue weighted by atomic mass is 10.3. The Balaban J connectivity index is 2.51. The molecule has 1 nitrogen and oxygen atoms in total. The Labute approximate surface area is 95.3 Å². The van der Waals surface area contributed by atoms with Crippen molar-refractivity contribution >= 4 is 24.0 Å². The SMILES string of the molecule is CCCCCSc1cc[nH]c(=S)c1C. The van der Waals surface area contributed by atoms with Crippen LogP contribution in [0.5, 0.6) is 0 Å². The van der Waals surface area contributed by atoms with Gasteiger partial charge >= 0.3 is 0 Å². The molecule has 0 aromatic carbocycles. The normalized spacial score (nSPS) is 10.4. The van der Waals surface area contributed by atoms with Gasteiger partial charge in [-0.15, -0.1) is 11.8 Å². The molecule has 0 bridgehead atoms. The summed E-state index contributed by atoms with van der Waals surface area (Å²) in [7, 11) is 0. The molecule has 1 heterocycles. The molecule has 0 aliphatic carbocycles. The molecule has 0 aliphatic heterocycles. The van der Waals surface area contributed by atoms with Gasteiger partial charge in [0.1, 0.15) is 4.64 Å². The van der Waals surface area contributed by atoms with Gasteiger partial charge in [-0.05, 0) is 30.7 Å². The molecule has 1 N–H and O–H groups in total. The fourth-order valence-corrected chi connectivity index (χ4v) is 2.52. The second kappa shape index (κ2) is 6.25. The monoisotopic (exact) mass is 227 g/mol. The summed E-state index contributed by atoms with van der Waals surface area (Å²) in [6, 6.07) is 2.11. The van der Waals surface area contributed by atoms with Crippen molar-refractivity contribution in [3.05, 3.63) is 22.5 Å². The molecule has 0 amide bonds. The van der Waals surface area contributed by atoms with Crippen LogP contribution in [0.15, 0.2) is 17.2 Å². The lowest BCUT2D eigenvalue weighted by Gasteiger charge is -2.04. The second-order valence-corrected chi connectivity index (χ2v) is 4.90. The van der Waals surface area contributed by atoms with Crippen molar-refractivity contribution in [1.29, 1.82) is 0 Å². The van der Waals surface area contributed by atoms with Gasteiger partial charge in [0.2, 0.25) is 0 Å². The molecule has 1 aromatic heterocycles. The number of aromatic amines is 1. The number of unbranched alkanes of at least 4 members (excludes halogenated alkanes) is 2. The molecule has 0 radical (unpaired) electrons. The number of pyridine rings is 1. The quantitative estimate of drug-likeness (QED) is 0.457. The number of thioether (sulfide) groups is 1. The van der Waals surface area contributed by atoms with Gasteiger partial charge in [-0.3, -0.25) is 0 Å². The molecule has 0 spiro atoms. The van der Waals surface area contributed by atoms with E-state index in [0.29, 0.717) is 0 Å². The van der Waals surface area contributed by atoms with E-state index in [1.165, 1.54) is 35.5 Å². The Morgan fingerprint density at radius 2 is 2.21 bits per heavy atom. The van der Waals surface area contributed by atoms with Crippen molar-refractivity contribution in [2.24, 2.45) is 0 Å². The first-order valence-corrected chi connectivity index (χ1v) is 6.46. The van der Waals surface area contributed by atoms with E-state index in [0.717, 1.165) is 4.64 Å². The fourth-order valence-electron chi connectivity index (χ4n) is 1.23. The molecule has 0 unspecified atom stereocenters. The smallest absolute Gasteiger partial charge is 0.107 e. The summed E-state index contributed by atoms with van der Waals surface area (Å²) in [6.45, 7) is 4.32. The van der Waals surface area contributed by atoms with E-state index in [4.69, 9.17) is 12.2 Å². The van der Waals surface area contributed by atoms with Gasteiger partial charge in [0.25, 0.3) is 0 Å². The minimum Gasteiger partial charge on any atom is -0.353 e. The van der Waals surface area contributed by atoms with E-state index in [1.807, 2.05) is 18.0 Å². The first-order valence-electron chi connectivity index (χ1n) is 5.06. The summed E-state index contributed by atoms with van der Waals surface area (Å²) in [5, 5.41) is 0. The van der Waals surface area contributed by atoms with Crippen LogP contribution in [-0.2, 0) is 0 Å². The third kappa shape index (κ3) is 3.46. The van der Waals surface area contributed by atoms with Crippen molar-refractivity contribution in [2.75, 3.05) is 5.75 Å². The molecule has 0 aliphatic rings. The topological polar surface area (TPSA) is 15.8 Å². The van der Waals surface area contributed by atoms with Crippen LogP contribution in [0.1, 0.15) is 31.7 Å². The molecule has 0 saturated heterocycles. The number of rotatable bonds is 5. The molecular weight excluding hydrogens is 210 g/mol. The number of nitrogens with one attached hydrogen (secondary N) is 1. The average Bonchev–Trinajstić information content (AvgIpc) is 2.19. The summed E-state index contributed by atoms with van der Waals surface area (Å²) < 4.78 is 0.866. The minimum absolute atomic E-state index is 0.866. The maximum absolute atomic E-state index is 5.17. The molecule has 0 fully saturated rings. The third-order valence-corrected chi connectivity index (χ3v) is 3.83. The zero-order valence-corrected chi connectivity index (χ0v) is 10.4. The van der Waals surface area contributed by atoms with Gasteiger partial charge in [0.05, 0.1) is 0 Å². The summed E-state index contributed by atoms with van der Waals surface area (Å²) in [5.41, 5.74) is 1.21. The van der Waals surface area contributed by atoms with Gasteiger partial charge in [-0.1, -0.05) is 32.0 Å². The fraction of sp³-hybridized carbons (Fsp3) is 0.545. The predicted octanol–water partition coefficient (Wildman–Crippen LogP) is 4.33. The highest BCUT2D eigenvalue weighted by atomic mass is 32.2. The highest BCUT2D eigenvalue weighted by Gasteiger charge is 1.99. The van der Waals surface area contributed by atoms with Crippen molar-refractivity contribution < 1.29 is 0 Å². The average molecular weight is 227 g/mol. The molecule has 3 heteroatoms. The highest BCUT2D eigenvalue weighted by Crippen LogP contribution is 2.23. The first kappa shape index (κ1) is 11.8. The molecular formula is C11H17NS2. The lowest BCUT2D eigenvalue weighted by Crippen LogP contribution is -1.86. The highest BCUT2D eigenvalue weighted by molar-refractivity contribution is 7.99. The zero-order chi connectivity index (χ0) is 10.4. The van der Waals surface area contributed by atoms with E-state index < -0.39 is 0 Å². The van der Waals surface area contributed by atoms with Crippen molar-refractivity contribution in [3.63, 3.8) is 0 Å². The molecule has 1 aromatic rings. The zero-order valence-electron chi connectivity index (χ0n) is 8.80. The van der Waals surface area contributed by atoms with Crippen LogP contribution in [0.25, 0.3) is 0 Å². The van der Waals surface area contributed by atoms with Crippen LogP contribution in [0.2, 0.25) is 0 Å². The molecule has 1 rings (SSSR count). The van der Waals surface area contributed by atoms with Gasteiger partial charge < -0.3 is 4.98 Å². The minimum atomic E-state index is 0.866. The number of hydrogen-bond acceptors (Lipinski definition) is 2. The van der Waals surface area contributed by atoms with Crippen LogP contribution < -0.4 is 0 Å². The molecule has 14 heavy (non-hydrogen) atoms. The summed E-state index contributed by atoms with van der Waals surface area (Å²) >= 11 is 7.09.